The van der Waals surface area contributed by atoms with Gasteiger partial charge in [-0.25, -0.2) is 9.07 Å². The molecule has 0 aliphatic rings. The highest BCUT2D eigenvalue weighted by Crippen LogP contribution is 2.26. The molecule has 0 spiro atoms. The Kier molecular flexibility index (Phi) is 6.69. The molecule has 0 atom stereocenters. The number of carbonyl (C=O) groups excluding carboxylic acids is 2. The lowest BCUT2D eigenvalue weighted by molar-refractivity contribution is -0.116. The first-order valence-electron chi connectivity index (χ1n) is 11.6. The number of nitrogens with zero attached hydrogens (tertiary/aromatic N) is 3. The third kappa shape index (κ3) is 5.24. The number of halogens is 1. The molecule has 0 unspecified atom stereocenters. The van der Waals surface area contributed by atoms with Crippen LogP contribution in [-0.2, 0) is 10.2 Å². The van der Waals surface area contributed by atoms with E-state index in [1.165, 1.54) is 17.0 Å². The largest absolute Gasteiger partial charge is 0.330 e. The summed E-state index contributed by atoms with van der Waals surface area (Å²) in [5.74, 6) is -0.445. The van der Waals surface area contributed by atoms with Crippen LogP contribution >= 0.6 is 0 Å². The fourth-order valence-corrected chi connectivity index (χ4v) is 3.88. The first-order chi connectivity index (χ1) is 16.7. The highest BCUT2D eigenvalue weighted by atomic mass is 19.1. The summed E-state index contributed by atoms with van der Waals surface area (Å²) >= 11 is 0. The molecule has 0 bridgehead atoms. The maximum absolute atomic E-state index is 13.5. The molecule has 4 aromatic rings. The molecule has 0 saturated carbocycles. The van der Waals surface area contributed by atoms with Crippen molar-refractivity contribution in [2.75, 3.05) is 18.4 Å². The lowest BCUT2D eigenvalue weighted by atomic mass is 9.92. The topological polar surface area (TPSA) is 67.2 Å². The van der Waals surface area contributed by atoms with E-state index in [0.717, 1.165) is 16.5 Å². The quantitative estimate of drug-likeness (QED) is 0.399. The number of aromatic nitrogens is 2. The molecule has 0 aliphatic heterocycles. The average Bonchev–Trinajstić information content (AvgIpc) is 3.26. The van der Waals surface area contributed by atoms with Crippen LogP contribution in [0, 0.1) is 5.82 Å². The van der Waals surface area contributed by atoms with Gasteiger partial charge >= 0.3 is 0 Å². The summed E-state index contributed by atoms with van der Waals surface area (Å²) in [4.78, 5) is 27.9. The number of amides is 2. The van der Waals surface area contributed by atoms with E-state index in [1.54, 1.807) is 22.9 Å². The zero-order chi connectivity index (χ0) is 25.2. The van der Waals surface area contributed by atoms with E-state index < -0.39 is 0 Å². The van der Waals surface area contributed by atoms with Gasteiger partial charge in [-0.05, 0) is 48.0 Å². The fourth-order valence-electron chi connectivity index (χ4n) is 3.88. The Bertz CT molecular complexity index is 1360. The van der Waals surface area contributed by atoms with Gasteiger partial charge in [0.2, 0.25) is 5.91 Å². The van der Waals surface area contributed by atoms with E-state index in [2.05, 4.69) is 10.4 Å². The number of benzene rings is 3. The summed E-state index contributed by atoms with van der Waals surface area (Å²) in [7, 11) is 0. The van der Waals surface area contributed by atoms with Gasteiger partial charge in [0, 0.05) is 23.6 Å². The van der Waals surface area contributed by atoms with E-state index >= 15 is 0 Å². The summed E-state index contributed by atoms with van der Waals surface area (Å²) in [5, 5.41) is 9.37. The number of hydrogen-bond donors (Lipinski definition) is 1. The van der Waals surface area contributed by atoms with Gasteiger partial charge in [0.25, 0.3) is 5.91 Å². The monoisotopic (exact) mass is 472 g/mol. The molecule has 2 amide bonds. The first kappa shape index (κ1) is 24.1. The molecule has 1 aromatic heterocycles. The summed E-state index contributed by atoms with van der Waals surface area (Å²) < 4.78 is 15.1. The third-order valence-corrected chi connectivity index (χ3v) is 5.84. The molecular weight excluding hydrogens is 443 g/mol. The van der Waals surface area contributed by atoms with Crippen LogP contribution in [0.2, 0.25) is 0 Å². The van der Waals surface area contributed by atoms with E-state index in [9.17, 15) is 14.0 Å². The molecule has 0 saturated heterocycles. The molecule has 3 aromatic carbocycles. The second-order valence-electron chi connectivity index (χ2n) is 9.45. The molecule has 0 radical (unpaired) electrons. The van der Waals surface area contributed by atoms with E-state index in [1.807, 2.05) is 70.2 Å². The molecule has 4 rings (SSSR count). The minimum atomic E-state index is -0.354. The van der Waals surface area contributed by atoms with E-state index in [-0.39, 0.29) is 29.6 Å². The third-order valence-electron chi connectivity index (χ3n) is 5.84. The number of fused-ring (bicyclic) bond motifs is 1. The maximum Gasteiger partial charge on any atom is 0.254 e. The van der Waals surface area contributed by atoms with Crippen molar-refractivity contribution in [3.63, 3.8) is 0 Å². The molecule has 35 heavy (non-hydrogen) atoms. The van der Waals surface area contributed by atoms with Gasteiger partial charge in [0.1, 0.15) is 18.2 Å². The van der Waals surface area contributed by atoms with Crippen LogP contribution in [0.15, 0.2) is 72.8 Å². The number of rotatable bonds is 6. The van der Waals surface area contributed by atoms with Gasteiger partial charge in [-0.1, -0.05) is 57.2 Å². The second kappa shape index (κ2) is 9.70. The van der Waals surface area contributed by atoms with Gasteiger partial charge < -0.3 is 10.2 Å². The Labute approximate surface area is 204 Å². The minimum absolute atomic E-state index is 0.113. The fraction of sp³-hybridized carbons (Fsp3) is 0.250. The number of anilines is 1. The Morgan fingerprint density at radius 3 is 2.37 bits per heavy atom. The smallest absolute Gasteiger partial charge is 0.254 e. The van der Waals surface area contributed by atoms with Gasteiger partial charge in [0.05, 0.1) is 11.4 Å². The Morgan fingerprint density at radius 2 is 1.69 bits per heavy atom. The predicted octanol–water partition coefficient (Wildman–Crippen LogP) is 5.56. The van der Waals surface area contributed by atoms with Crippen molar-refractivity contribution in [2.45, 2.75) is 33.1 Å². The van der Waals surface area contributed by atoms with E-state index in [0.29, 0.717) is 23.6 Å². The molecule has 7 heteroatoms. The molecule has 1 N–H and O–H groups in total. The highest BCUT2D eigenvalue weighted by Gasteiger charge is 2.23. The molecule has 180 valence electrons. The summed E-state index contributed by atoms with van der Waals surface area (Å²) in [6.45, 7) is 8.18. The number of likely N-dealkylation sites (N-methyl/N-ethyl adjacent to an activating group) is 1. The predicted molar refractivity (Wildman–Crippen MR) is 136 cm³/mol. The lowest BCUT2D eigenvalue weighted by Crippen LogP contribution is -2.38. The van der Waals surface area contributed by atoms with Crippen LogP contribution in [0.4, 0.5) is 10.2 Å². The normalized spacial score (nSPS) is 11.5. The van der Waals surface area contributed by atoms with Crippen LogP contribution in [-0.4, -0.2) is 39.6 Å². The Balaban J connectivity index is 1.59. The van der Waals surface area contributed by atoms with Crippen molar-refractivity contribution in [3.8, 4) is 5.69 Å². The molecule has 0 aliphatic carbocycles. The van der Waals surface area contributed by atoms with Gasteiger partial charge in [-0.2, -0.15) is 5.10 Å². The number of hydrogen-bond acceptors (Lipinski definition) is 3. The van der Waals surface area contributed by atoms with Crippen LogP contribution in [0.3, 0.4) is 0 Å². The van der Waals surface area contributed by atoms with Crippen molar-refractivity contribution >= 4 is 28.4 Å². The van der Waals surface area contributed by atoms with Crippen molar-refractivity contribution in [2.24, 2.45) is 0 Å². The second-order valence-corrected chi connectivity index (χ2v) is 9.45. The number of carbonyl (C=O) groups is 2. The minimum Gasteiger partial charge on any atom is -0.330 e. The van der Waals surface area contributed by atoms with Crippen LogP contribution < -0.4 is 5.32 Å². The number of nitrogens with one attached hydrogen (secondary N) is 1. The standard InChI is InChI=1S/C28H29FN4O2/c1-5-32(27(35)23-12-8-10-19-9-6-7-11-22(19)23)18-26(34)30-25-17-24(28(2,3)4)31-33(25)21-15-13-20(29)14-16-21/h6-17H,5,18H2,1-4H3,(H,30,34). The average molecular weight is 473 g/mol. The first-order valence-corrected chi connectivity index (χ1v) is 11.6. The van der Waals surface area contributed by atoms with Crippen LogP contribution in [0.5, 0.6) is 0 Å². The SMILES string of the molecule is CCN(CC(=O)Nc1cc(C(C)(C)C)nn1-c1ccc(F)cc1)C(=O)c1cccc2ccccc12. The van der Waals surface area contributed by atoms with Crippen LogP contribution in [0.1, 0.15) is 43.7 Å². The molecule has 6 nitrogen and oxygen atoms in total. The van der Waals surface area contributed by atoms with Crippen molar-refractivity contribution in [3.05, 3.63) is 89.9 Å². The zero-order valence-electron chi connectivity index (χ0n) is 20.4. The molecule has 1 heterocycles. The van der Waals surface area contributed by atoms with Crippen molar-refractivity contribution in [1.82, 2.24) is 14.7 Å². The van der Waals surface area contributed by atoms with Crippen LogP contribution in [0.25, 0.3) is 16.5 Å². The van der Waals surface area contributed by atoms with Crippen molar-refractivity contribution in [1.29, 1.82) is 0 Å². The maximum atomic E-state index is 13.5. The molecular formula is C28H29FN4O2. The van der Waals surface area contributed by atoms with Gasteiger partial charge in [-0.15, -0.1) is 0 Å². The Hall–Kier alpha value is -4.00. The summed E-state index contributed by atoms with van der Waals surface area (Å²) in [6.07, 6.45) is 0. The van der Waals surface area contributed by atoms with Gasteiger partial charge in [-0.3, -0.25) is 9.59 Å². The lowest BCUT2D eigenvalue weighted by Gasteiger charge is -2.21. The highest BCUT2D eigenvalue weighted by molar-refractivity contribution is 6.08. The van der Waals surface area contributed by atoms with E-state index in [4.69, 9.17) is 0 Å². The van der Waals surface area contributed by atoms with Gasteiger partial charge in [0.15, 0.2) is 0 Å². The Morgan fingerprint density at radius 1 is 1.00 bits per heavy atom. The summed E-state index contributed by atoms with van der Waals surface area (Å²) in [5.41, 5.74) is 1.70. The molecule has 0 fully saturated rings. The summed E-state index contributed by atoms with van der Waals surface area (Å²) in [6, 6.07) is 21.0. The van der Waals surface area contributed by atoms with Crippen molar-refractivity contribution < 1.29 is 14.0 Å². The zero-order valence-corrected chi connectivity index (χ0v) is 20.4.